The summed E-state index contributed by atoms with van der Waals surface area (Å²) in [6.45, 7) is 8.88. The molecule has 0 amide bonds. The lowest BCUT2D eigenvalue weighted by Crippen LogP contribution is -2.25. The third-order valence-corrected chi connectivity index (χ3v) is 3.67. The van der Waals surface area contributed by atoms with Gasteiger partial charge in [0.15, 0.2) is 5.79 Å². The fourth-order valence-corrected chi connectivity index (χ4v) is 2.53. The van der Waals surface area contributed by atoms with Gasteiger partial charge in [0, 0.05) is 6.42 Å². The Morgan fingerprint density at radius 2 is 2.09 bits per heavy atom. The van der Waals surface area contributed by atoms with E-state index in [1.807, 2.05) is 44.2 Å². The van der Waals surface area contributed by atoms with E-state index in [1.54, 1.807) is 7.11 Å². The van der Waals surface area contributed by atoms with Crippen molar-refractivity contribution < 1.29 is 18.9 Å². The number of rotatable bonds is 8. The largest absolute Gasteiger partial charge is 0.497 e. The highest BCUT2D eigenvalue weighted by molar-refractivity contribution is 5.26. The van der Waals surface area contributed by atoms with Crippen LogP contribution in [0.3, 0.4) is 0 Å². The van der Waals surface area contributed by atoms with Crippen molar-refractivity contribution in [1.29, 1.82) is 0 Å². The van der Waals surface area contributed by atoms with E-state index in [4.69, 9.17) is 18.9 Å². The second-order valence-corrected chi connectivity index (χ2v) is 5.99. The van der Waals surface area contributed by atoms with Crippen LogP contribution in [0.1, 0.15) is 32.3 Å². The summed E-state index contributed by atoms with van der Waals surface area (Å²) in [5.74, 6) is 0.365. The molecule has 4 heteroatoms. The second-order valence-electron chi connectivity index (χ2n) is 5.99. The SMILES string of the molecule is C=CC[C@H](C[C@H]1COC(C)(C)O1)OCc1ccc(OC)cc1. The van der Waals surface area contributed by atoms with Crippen molar-refractivity contribution in [2.24, 2.45) is 0 Å². The molecular weight excluding hydrogens is 280 g/mol. The van der Waals surface area contributed by atoms with Gasteiger partial charge in [-0.05, 0) is 38.0 Å². The Hall–Kier alpha value is -1.36. The molecule has 122 valence electrons. The molecule has 0 spiro atoms. The zero-order valence-electron chi connectivity index (χ0n) is 13.7. The van der Waals surface area contributed by atoms with Gasteiger partial charge in [-0.2, -0.15) is 0 Å². The summed E-state index contributed by atoms with van der Waals surface area (Å²) in [5.41, 5.74) is 1.12. The van der Waals surface area contributed by atoms with Gasteiger partial charge in [0.25, 0.3) is 0 Å². The molecule has 0 N–H and O–H groups in total. The van der Waals surface area contributed by atoms with Crippen molar-refractivity contribution in [3.63, 3.8) is 0 Å². The molecule has 1 aliphatic rings. The average Bonchev–Trinajstić information content (AvgIpc) is 2.84. The summed E-state index contributed by atoms with van der Waals surface area (Å²) in [4.78, 5) is 0. The molecule has 22 heavy (non-hydrogen) atoms. The summed E-state index contributed by atoms with van der Waals surface area (Å²) in [6.07, 6.45) is 3.67. The smallest absolute Gasteiger partial charge is 0.163 e. The zero-order valence-corrected chi connectivity index (χ0v) is 13.7. The summed E-state index contributed by atoms with van der Waals surface area (Å²) in [5, 5.41) is 0. The van der Waals surface area contributed by atoms with Crippen molar-refractivity contribution in [3.8, 4) is 5.75 Å². The van der Waals surface area contributed by atoms with Crippen molar-refractivity contribution >= 4 is 0 Å². The van der Waals surface area contributed by atoms with Crippen molar-refractivity contribution in [3.05, 3.63) is 42.5 Å². The highest BCUT2D eigenvalue weighted by atomic mass is 16.7. The van der Waals surface area contributed by atoms with Crippen LogP contribution in [0.4, 0.5) is 0 Å². The van der Waals surface area contributed by atoms with E-state index in [-0.39, 0.29) is 12.2 Å². The molecule has 1 aromatic rings. The molecular formula is C18H26O4. The van der Waals surface area contributed by atoms with Crippen LogP contribution in [0.5, 0.6) is 5.75 Å². The Morgan fingerprint density at radius 1 is 1.36 bits per heavy atom. The number of hydrogen-bond donors (Lipinski definition) is 0. The maximum atomic E-state index is 6.02. The third kappa shape index (κ3) is 5.13. The average molecular weight is 306 g/mol. The lowest BCUT2D eigenvalue weighted by molar-refractivity contribution is -0.142. The Bertz CT molecular complexity index is 466. The molecule has 1 aliphatic heterocycles. The molecule has 4 nitrogen and oxygen atoms in total. The van der Waals surface area contributed by atoms with Crippen molar-refractivity contribution in [2.75, 3.05) is 13.7 Å². The van der Waals surface area contributed by atoms with Crippen LogP contribution in [-0.4, -0.2) is 31.7 Å². The minimum Gasteiger partial charge on any atom is -0.497 e. The van der Waals surface area contributed by atoms with E-state index >= 15 is 0 Å². The van der Waals surface area contributed by atoms with Crippen molar-refractivity contribution in [1.82, 2.24) is 0 Å². The van der Waals surface area contributed by atoms with Crippen LogP contribution < -0.4 is 4.74 Å². The zero-order chi connectivity index (χ0) is 16.0. The Morgan fingerprint density at radius 3 is 2.64 bits per heavy atom. The third-order valence-electron chi connectivity index (χ3n) is 3.67. The molecule has 0 unspecified atom stereocenters. The van der Waals surface area contributed by atoms with E-state index in [1.165, 1.54) is 0 Å². The highest BCUT2D eigenvalue weighted by Gasteiger charge is 2.33. The predicted octanol–water partition coefficient (Wildman–Crippen LogP) is 3.70. The molecule has 1 fully saturated rings. The Kier molecular flexibility index (Phi) is 6.00. The number of methoxy groups -OCH3 is 1. The highest BCUT2D eigenvalue weighted by Crippen LogP contribution is 2.26. The summed E-state index contributed by atoms with van der Waals surface area (Å²) in [7, 11) is 1.66. The molecule has 0 aliphatic carbocycles. The maximum absolute atomic E-state index is 6.02. The van der Waals surface area contributed by atoms with Gasteiger partial charge in [0.1, 0.15) is 5.75 Å². The molecule has 1 aromatic carbocycles. The van der Waals surface area contributed by atoms with E-state index in [9.17, 15) is 0 Å². The molecule has 1 heterocycles. The van der Waals surface area contributed by atoms with Crippen molar-refractivity contribution in [2.45, 2.75) is 51.3 Å². The quantitative estimate of drug-likeness (QED) is 0.686. The van der Waals surface area contributed by atoms with Gasteiger partial charge >= 0.3 is 0 Å². The first-order valence-electron chi connectivity index (χ1n) is 7.69. The first kappa shape index (κ1) is 17.0. The monoisotopic (exact) mass is 306 g/mol. The van der Waals surface area contributed by atoms with E-state index < -0.39 is 5.79 Å². The van der Waals surface area contributed by atoms with Gasteiger partial charge in [-0.3, -0.25) is 0 Å². The predicted molar refractivity (Wildman–Crippen MR) is 85.9 cm³/mol. The normalized spacial score (nSPS) is 21.5. The standard InChI is InChI=1S/C18H26O4/c1-5-6-16(11-17-13-21-18(2,3)22-17)20-12-14-7-9-15(19-4)10-8-14/h5,7-10,16-17H,1,6,11-13H2,2-4H3/t16-,17+/m1/s1. The van der Waals surface area contributed by atoms with Gasteiger partial charge in [0.2, 0.25) is 0 Å². The number of ether oxygens (including phenoxy) is 4. The van der Waals surface area contributed by atoms with Crippen LogP contribution >= 0.6 is 0 Å². The van der Waals surface area contributed by atoms with E-state index in [2.05, 4.69) is 6.58 Å². The van der Waals surface area contributed by atoms with Crippen LogP contribution in [-0.2, 0) is 20.8 Å². The molecule has 0 radical (unpaired) electrons. The molecule has 2 rings (SSSR count). The Balaban J connectivity index is 1.84. The fourth-order valence-electron chi connectivity index (χ4n) is 2.53. The molecule has 0 saturated carbocycles. The van der Waals surface area contributed by atoms with Gasteiger partial charge in [0.05, 0.1) is 32.5 Å². The van der Waals surface area contributed by atoms with Crippen LogP contribution in [0, 0.1) is 0 Å². The molecule has 1 saturated heterocycles. The molecule has 2 atom stereocenters. The summed E-state index contributed by atoms with van der Waals surface area (Å²) >= 11 is 0. The van der Waals surface area contributed by atoms with Gasteiger partial charge in [-0.15, -0.1) is 6.58 Å². The lowest BCUT2D eigenvalue weighted by atomic mass is 10.1. The topological polar surface area (TPSA) is 36.9 Å². The minimum absolute atomic E-state index is 0.0795. The lowest BCUT2D eigenvalue weighted by Gasteiger charge is -2.21. The number of hydrogen-bond acceptors (Lipinski definition) is 4. The summed E-state index contributed by atoms with van der Waals surface area (Å²) in [6, 6.07) is 7.92. The fraction of sp³-hybridized carbons (Fsp3) is 0.556. The van der Waals surface area contributed by atoms with Gasteiger partial charge < -0.3 is 18.9 Å². The van der Waals surface area contributed by atoms with Crippen LogP contribution in [0.15, 0.2) is 36.9 Å². The first-order valence-corrected chi connectivity index (χ1v) is 7.69. The first-order chi connectivity index (χ1) is 10.5. The maximum Gasteiger partial charge on any atom is 0.163 e. The minimum atomic E-state index is -0.487. The van der Waals surface area contributed by atoms with Crippen LogP contribution in [0.2, 0.25) is 0 Å². The van der Waals surface area contributed by atoms with Gasteiger partial charge in [-0.1, -0.05) is 18.2 Å². The Labute approximate surface area is 133 Å². The molecule has 0 bridgehead atoms. The summed E-state index contributed by atoms with van der Waals surface area (Å²) < 4.78 is 22.6. The van der Waals surface area contributed by atoms with E-state index in [0.29, 0.717) is 13.2 Å². The van der Waals surface area contributed by atoms with Gasteiger partial charge in [-0.25, -0.2) is 0 Å². The van der Waals surface area contributed by atoms with E-state index in [0.717, 1.165) is 24.2 Å². The number of benzene rings is 1. The second kappa shape index (κ2) is 7.77. The molecule has 0 aromatic heterocycles. The van der Waals surface area contributed by atoms with Crippen LogP contribution in [0.25, 0.3) is 0 Å².